The Labute approximate surface area is 97.3 Å². The van der Waals surface area contributed by atoms with E-state index in [9.17, 15) is 14.0 Å². The summed E-state index contributed by atoms with van der Waals surface area (Å²) in [6.07, 6.45) is 0. The van der Waals surface area contributed by atoms with Crippen LogP contribution in [0, 0.1) is 17.7 Å². The number of hydrogen-bond donors (Lipinski definition) is 0. The summed E-state index contributed by atoms with van der Waals surface area (Å²) in [4.78, 5) is 21.9. The molecular formula is C12H9FO4. The first kappa shape index (κ1) is 12.7. The van der Waals surface area contributed by atoms with Gasteiger partial charge in [0.25, 0.3) is 0 Å². The molecule has 0 saturated heterocycles. The molecule has 0 aliphatic carbocycles. The number of methoxy groups -OCH3 is 2. The minimum absolute atomic E-state index is 0.0710. The Morgan fingerprint density at radius 3 is 2.53 bits per heavy atom. The van der Waals surface area contributed by atoms with E-state index in [1.54, 1.807) is 0 Å². The lowest BCUT2D eigenvalue weighted by molar-refractivity contribution is -0.133. The van der Waals surface area contributed by atoms with Crippen LogP contribution in [0.5, 0.6) is 0 Å². The predicted octanol–water partition coefficient (Wildman–Crippen LogP) is 1.14. The summed E-state index contributed by atoms with van der Waals surface area (Å²) in [5, 5.41) is 0. The van der Waals surface area contributed by atoms with Crippen LogP contribution in [0.3, 0.4) is 0 Å². The Morgan fingerprint density at radius 2 is 1.94 bits per heavy atom. The largest absolute Gasteiger partial charge is 0.465 e. The molecule has 17 heavy (non-hydrogen) atoms. The molecule has 0 aromatic heterocycles. The monoisotopic (exact) mass is 236 g/mol. The normalized spacial score (nSPS) is 8.88. The molecule has 0 aliphatic rings. The zero-order valence-electron chi connectivity index (χ0n) is 9.24. The van der Waals surface area contributed by atoms with Crippen molar-refractivity contribution in [1.82, 2.24) is 0 Å². The van der Waals surface area contributed by atoms with Gasteiger partial charge in [0, 0.05) is 5.92 Å². The number of carbonyl (C=O) groups is 2. The third kappa shape index (κ3) is 3.31. The van der Waals surface area contributed by atoms with Crippen LogP contribution in [-0.2, 0) is 14.3 Å². The Morgan fingerprint density at radius 1 is 1.24 bits per heavy atom. The van der Waals surface area contributed by atoms with Gasteiger partial charge in [0.1, 0.15) is 5.82 Å². The molecule has 0 radical (unpaired) electrons. The lowest BCUT2D eigenvalue weighted by Gasteiger charge is -2.00. The molecule has 0 heterocycles. The van der Waals surface area contributed by atoms with Crippen molar-refractivity contribution >= 4 is 11.9 Å². The summed E-state index contributed by atoms with van der Waals surface area (Å²) < 4.78 is 22.0. The van der Waals surface area contributed by atoms with E-state index < -0.39 is 17.8 Å². The van der Waals surface area contributed by atoms with E-state index in [0.717, 1.165) is 13.2 Å². The Bertz CT molecular complexity index is 511. The molecule has 0 N–H and O–H groups in total. The van der Waals surface area contributed by atoms with Crippen molar-refractivity contribution in [3.05, 3.63) is 35.1 Å². The first-order valence-corrected chi connectivity index (χ1v) is 4.56. The molecule has 5 heteroatoms. The third-order valence-corrected chi connectivity index (χ3v) is 1.87. The minimum atomic E-state index is -0.784. The first-order valence-electron chi connectivity index (χ1n) is 4.56. The van der Waals surface area contributed by atoms with Crippen molar-refractivity contribution in [1.29, 1.82) is 0 Å². The van der Waals surface area contributed by atoms with Crippen LogP contribution in [0.25, 0.3) is 0 Å². The molecule has 4 nitrogen and oxygen atoms in total. The highest BCUT2D eigenvalue weighted by Crippen LogP contribution is 2.10. The first-order chi connectivity index (χ1) is 8.08. The van der Waals surface area contributed by atoms with Crippen molar-refractivity contribution in [2.45, 2.75) is 0 Å². The van der Waals surface area contributed by atoms with Crippen molar-refractivity contribution in [2.24, 2.45) is 0 Å². The number of ether oxygens (including phenoxy) is 2. The molecule has 1 aromatic carbocycles. The Kier molecular flexibility index (Phi) is 4.23. The second-order valence-electron chi connectivity index (χ2n) is 2.93. The van der Waals surface area contributed by atoms with Gasteiger partial charge in [-0.2, -0.15) is 0 Å². The standard InChI is InChI=1S/C12H9FO4/c1-16-11(14)6-4-8-7-9(12(15)17-2)3-5-10(8)13/h3,5,7H,1-2H3. The number of carbonyl (C=O) groups excluding carboxylic acids is 2. The fraction of sp³-hybridized carbons (Fsp3) is 0.167. The highest BCUT2D eigenvalue weighted by molar-refractivity contribution is 5.91. The van der Waals surface area contributed by atoms with Gasteiger partial charge in [0.15, 0.2) is 0 Å². The van der Waals surface area contributed by atoms with Crippen molar-refractivity contribution in [3.63, 3.8) is 0 Å². The molecule has 88 valence electrons. The van der Waals surface area contributed by atoms with Crippen LogP contribution >= 0.6 is 0 Å². The molecule has 0 saturated carbocycles. The van der Waals surface area contributed by atoms with Gasteiger partial charge in [-0.3, -0.25) is 0 Å². The fourth-order valence-electron chi connectivity index (χ4n) is 1.04. The van der Waals surface area contributed by atoms with Gasteiger partial charge in [-0.1, -0.05) is 5.92 Å². The minimum Gasteiger partial charge on any atom is -0.465 e. The van der Waals surface area contributed by atoms with Gasteiger partial charge >= 0.3 is 11.9 Å². The van der Waals surface area contributed by atoms with Crippen molar-refractivity contribution < 1.29 is 23.5 Å². The number of benzene rings is 1. The lowest BCUT2D eigenvalue weighted by atomic mass is 10.1. The van der Waals surface area contributed by atoms with E-state index in [4.69, 9.17) is 0 Å². The number of esters is 2. The van der Waals surface area contributed by atoms with Crippen LogP contribution in [-0.4, -0.2) is 26.2 Å². The molecule has 0 spiro atoms. The second-order valence-corrected chi connectivity index (χ2v) is 2.93. The smallest absolute Gasteiger partial charge is 0.384 e. The molecular weight excluding hydrogens is 227 g/mol. The fourth-order valence-corrected chi connectivity index (χ4v) is 1.04. The van der Waals surface area contributed by atoms with Crippen molar-refractivity contribution in [3.8, 4) is 11.8 Å². The quantitative estimate of drug-likeness (QED) is 0.542. The Hall–Kier alpha value is -2.35. The number of hydrogen-bond acceptors (Lipinski definition) is 4. The van der Waals surface area contributed by atoms with E-state index >= 15 is 0 Å². The maximum Gasteiger partial charge on any atom is 0.384 e. The van der Waals surface area contributed by atoms with Gasteiger partial charge in [-0.25, -0.2) is 14.0 Å². The van der Waals surface area contributed by atoms with Gasteiger partial charge in [-0.05, 0) is 18.2 Å². The van der Waals surface area contributed by atoms with E-state index in [1.807, 2.05) is 0 Å². The van der Waals surface area contributed by atoms with Crippen molar-refractivity contribution in [2.75, 3.05) is 14.2 Å². The second kappa shape index (κ2) is 5.66. The van der Waals surface area contributed by atoms with E-state index in [2.05, 4.69) is 21.3 Å². The van der Waals surface area contributed by atoms with Crippen LogP contribution in [0.1, 0.15) is 15.9 Å². The molecule has 0 aliphatic heterocycles. The maximum atomic E-state index is 13.3. The summed E-state index contributed by atoms with van der Waals surface area (Å²) in [7, 11) is 2.38. The SMILES string of the molecule is COC(=O)C#Cc1cc(C(=O)OC)ccc1F. The topological polar surface area (TPSA) is 52.6 Å². The number of halogens is 1. The van der Waals surface area contributed by atoms with Crippen LogP contribution in [0.15, 0.2) is 18.2 Å². The highest BCUT2D eigenvalue weighted by Gasteiger charge is 2.08. The Balaban J connectivity index is 3.09. The predicted molar refractivity (Wildman–Crippen MR) is 56.6 cm³/mol. The van der Waals surface area contributed by atoms with Gasteiger partial charge in [0.05, 0.1) is 25.3 Å². The molecule has 0 fully saturated rings. The van der Waals surface area contributed by atoms with Gasteiger partial charge in [-0.15, -0.1) is 0 Å². The summed E-state index contributed by atoms with van der Waals surface area (Å²) in [5.41, 5.74) is 0.0846. The summed E-state index contributed by atoms with van der Waals surface area (Å²) in [5.74, 6) is 2.33. The summed E-state index contributed by atoms with van der Waals surface area (Å²) in [6, 6.07) is 3.55. The molecule has 0 unspecified atom stereocenters. The van der Waals surface area contributed by atoms with E-state index in [0.29, 0.717) is 0 Å². The zero-order chi connectivity index (χ0) is 12.8. The molecule has 0 atom stereocenters. The van der Waals surface area contributed by atoms with Crippen LogP contribution in [0.4, 0.5) is 4.39 Å². The van der Waals surface area contributed by atoms with Crippen LogP contribution in [0.2, 0.25) is 0 Å². The maximum absolute atomic E-state index is 13.3. The highest BCUT2D eigenvalue weighted by atomic mass is 19.1. The lowest BCUT2D eigenvalue weighted by Crippen LogP contribution is -2.02. The third-order valence-electron chi connectivity index (χ3n) is 1.87. The summed E-state index contributed by atoms with van der Waals surface area (Å²) >= 11 is 0. The molecule has 1 aromatic rings. The molecule has 1 rings (SSSR count). The average molecular weight is 236 g/mol. The van der Waals surface area contributed by atoms with Gasteiger partial charge in [0.2, 0.25) is 0 Å². The number of rotatable bonds is 1. The zero-order valence-corrected chi connectivity index (χ0v) is 9.24. The molecule has 0 bridgehead atoms. The molecule has 0 amide bonds. The summed E-state index contributed by atoms with van der Waals surface area (Å²) in [6.45, 7) is 0. The van der Waals surface area contributed by atoms with Gasteiger partial charge < -0.3 is 9.47 Å². The average Bonchev–Trinajstić information content (AvgIpc) is 2.36. The van der Waals surface area contributed by atoms with E-state index in [-0.39, 0.29) is 11.1 Å². The van der Waals surface area contributed by atoms with E-state index in [1.165, 1.54) is 19.2 Å². The van der Waals surface area contributed by atoms with Crippen LogP contribution < -0.4 is 0 Å².